The first kappa shape index (κ1) is 14.6. The van der Waals surface area contributed by atoms with Crippen LogP contribution < -0.4 is 5.32 Å². The van der Waals surface area contributed by atoms with Crippen molar-refractivity contribution in [2.45, 2.75) is 26.4 Å². The summed E-state index contributed by atoms with van der Waals surface area (Å²) < 4.78 is 1.99. The minimum atomic E-state index is -0.683. The largest absolute Gasteiger partial charge is 0.386 e. The number of hydrogen-bond acceptors (Lipinski definition) is 2. The van der Waals surface area contributed by atoms with E-state index in [-0.39, 0.29) is 12.5 Å². The van der Waals surface area contributed by atoms with Crippen LogP contribution in [-0.4, -0.2) is 22.1 Å². The lowest BCUT2D eigenvalue weighted by Gasteiger charge is -2.12. The molecule has 0 radical (unpaired) electrons. The van der Waals surface area contributed by atoms with Crippen molar-refractivity contribution in [2.75, 3.05) is 6.54 Å². The Bertz CT molecular complexity index is 602. The first-order valence-corrected chi connectivity index (χ1v) is 6.97. The molecule has 0 fully saturated rings. The van der Waals surface area contributed by atoms with Crippen LogP contribution in [0.25, 0.3) is 10.9 Å². The summed E-state index contributed by atoms with van der Waals surface area (Å²) in [4.78, 5) is 11.6. The van der Waals surface area contributed by atoms with E-state index in [9.17, 15) is 9.90 Å². The first-order valence-electron chi connectivity index (χ1n) is 6.97. The normalized spacial score (nSPS) is 12.8. The maximum absolute atomic E-state index is 11.6. The van der Waals surface area contributed by atoms with Gasteiger partial charge in [0.2, 0.25) is 5.91 Å². The Kier molecular flexibility index (Phi) is 4.45. The van der Waals surface area contributed by atoms with E-state index in [1.54, 1.807) is 0 Å². The first-order chi connectivity index (χ1) is 9.49. The van der Waals surface area contributed by atoms with Crippen molar-refractivity contribution in [3.63, 3.8) is 0 Å². The van der Waals surface area contributed by atoms with Gasteiger partial charge in [0.05, 0.1) is 6.10 Å². The molecule has 108 valence electrons. The zero-order valence-corrected chi connectivity index (χ0v) is 12.3. The van der Waals surface area contributed by atoms with Crippen LogP contribution in [0.15, 0.2) is 30.5 Å². The number of aliphatic hydroxyl groups excluding tert-OH is 1. The van der Waals surface area contributed by atoms with Crippen LogP contribution in [-0.2, 0) is 11.8 Å². The monoisotopic (exact) mass is 274 g/mol. The van der Waals surface area contributed by atoms with Crippen molar-refractivity contribution in [2.24, 2.45) is 13.0 Å². The number of carbonyl (C=O) groups is 1. The summed E-state index contributed by atoms with van der Waals surface area (Å²) in [6.45, 7) is 4.25. The van der Waals surface area contributed by atoms with Crippen LogP contribution in [0, 0.1) is 5.92 Å². The van der Waals surface area contributed by atoms with Crippen molar-refractivity contribution in [3.05, 3.63) is 36.0 Å². The number of nitrogens with zero attached hydrogens (tertiary/aromatic N) is 1. The molecule has 1 atom stereocenters. The molecule has 0 aliphatic rings. The SMILES string of the molecule is CC(C)CC(=O)NCC(O)c1cn(C)c2ccccc12. The minimum Gasteiger partial charge on any atom is -0.386 e. The van der Waals surface area contributed by atoms with Crippen LogP contribution >= 0.6 is 0 Å². The van der Waals surface area contributed by atoms with Crippen LogP contribution in [0.4, 0.5) is 0 Å². The van der Waals surface area contributed by atoms with Crippen LogP contribution in [0.2, 0.25) is 0 Å². The molecule has 0 aliphatic carbocycles. The second-order valence-corrected chi connectivity index (χ2v) is 5.63. The molecule has 1 amide bonds. The standard InChI is InChI=1S/C16H22N2O2/c1-11(2)8-16(20)17-9-15(19)13-10-18(3)14-7-5-4-6-12(13)14/h4-7,10-11,15,19H,8-9H2,1-3H3,(H,17,20). The van der Waals surface area contributed by atoms with Gasteiger partial charge in [-0.25, -0.2) is 0 Å². The van der Waals surface area contributed by atoms with E-state index in [0.29, 0.717) is 12.3 Å². The van der Waals surface area contributed by atoms with Gasteiger partial charge >= 0.3 is 0 Å². The van der Waals surface area contributed by atoms with E-state index in [0.717, 1.165) is 16.5 Å². The summed E-state index contributed by atoms with van der Waals surface area (Å²) in [5.74, 6) is 0.309. The van der Waals surface area contributed by atoms with Gasteiger partial charge in [-0.2, -0.15) is 0 Å². The summed E-state index contributed by atoms with van der Waals surface area (Å²) in [5.41, 5.74) is 1.93. The molecule has 2 rings (SSSR count). The number of fused-ring (bicyclic) bond motifs is 1. The second kappa shape index (κ2) is 6.09. The fraction of sp³-hybridized carbons (Fsp3) is 0.438. The number of nitrogens with one attached hydrogen (secondary N) is 1. The molecule has 2 N–H and O–H groups in total. The summed E-state index contributed by atoms with van der Waals surface area (Å²) in [7, 11) is 1.95. The third-order valence-corrected chi connectivity index (χ3v) is 3.37. The van der Waals surface area contributed by atoms with Crippen molar-refractivity contribution in [1.29, 1.82) is 0 Å². The van der Waals surface area contributed by atoms with E-state index in [2.05, 4.69) is 5.32 Å². The van der Waals surface area contributed by atoms with Crippen molar-refractivity contribution in [1.82, 2.24) is 9.88 Å². The maximum Gasteiger partial charge on any atom is 0.220 e. The number of hydrogen-bond donors (Lipinski definition) is 2. The van der Waals surface area contributed by atoms with E-state index in [4.69, 9.17) is 0 Å². The number of aryl methyl sites for hydroxylation is 1. The predicted octanol–water partition coefficient (Wildman–Crippen LogP) is 2.37. The topological polar surface area (TPSA) is 54.3 Å². The number of para-hydroxylation sites is 1. The molecule has 0 saturated heterocycles. The molecule has 1 unspecified atom stereocenters. The van der Waals surface area contributed by atoms with Crippen LogP contribution in [0.1, 0.15) is 31.9 Å². The Balaban J connectivity index is 2.08. The molecular formula is C16H22N2O2. The van der Waals surface area contributed by atoms with Gasteiger partial charge in [0.25, 0.3) is 0 Å². The fourth-order valence-corrected chi connectivity index (χ4v) is 2.40. The van der Waals surface area contributed by atoms with Gasteiger partial charge in [-0.3, -0.25) is 4.79 Å². The molecule has 4 heteroatoms. The van der Waals surface area contributed by atoms with Crippen molar-refractivity contribution in [3.8, 4) is 0 Å². The van der Waals surface area contributed by atoms with Gasteiger partial charge in [0.1, 0.15) is 0 Å². The minimum absolute atomic E-state index is 0.0145. The average Bonchev–Trinajstić information content (AvgIpc) is 2.73. The zero-order valence-electron chi connectivity index (χ0n) is 12.3. The fourth-order valence-electron chi connectivity index (χ4n) is 2.40. The number of benzene rings is 1. The lowest BCUT2D eigenvalue weighted by molar-refractivity contribution is -0.122. The molecule has 0 aliphatic heterocycles. The Morgan fingerprint density at radius 1 is 1.35 bits per heavy atom. The Morgan fingerprint density at radius 2 is 2.05 bits per heavy atom. The van der Waals surface area contributed by atoms with Gasteiger partial charge in [0, 0.05) is 42.7 Å². The molecule has 0 spiro atoms. The van der Waals surface area contributed by atoms with E-state index in [1.165, 1.54) is 0 Å². The molecule has 1 aromatic heterocycles. The highest BCUT2D eigenvalue weighted by Gasteiger charge is 2.15. The highest BCUT2D eigenvalue weighted by Crippen LogP contribution is 2.25. The summed E-state index contributed by atoms with van der Waals surface area (Å²) in [5, 5.41) is 14.1. The molecular weight excluding hydrogens is 252 g/mol. The molecule has 1 aromatic carbocycles. The molecule has 2 aromatic rings. The summed E-state index contributed by atoms with van der Waals surface area (Å²) in [6.07, 6.45) is 1.73. The van der Waals surface area contributed by atoms with Gasteiger partial charge in [0.15, 0.2) is 0 Å². The smallest absolute Gasteiger partial charge is 0.220 e. The van der Waals surface area contributed by atoms with E-state index >= 15 is 0 Å². The Hall–Kier alpha value is -1.81. The molecule has 1 heterocycles. The molecule has 20 heavy (non-hydrogen) atoms. The quantitative estimate of drug-likeness (QED) is 0.879. The van der Waals surface area contributed by atoms with Crippen molar-refractivity contribution >= 4 is 16.8 Å². The van der Waals surface area contributed by atoms with Crippen LogP contribution in [0.5, 0.6) is 0 Å². The highest BCUT2D eigenvalue weighted by atomic mass is 16.3. The molecule has 4 nitrogen and oxygen atoms in total. The lowest BCUT2D eigenvalue weighted by atomic mass is 10.1. The van der Waals surface area contributed by atoms with Gasteiger partial charge < -0.3 is 15.0 Å². The average molecular weight is 274 g/mol. The van der Waals surface area contributed by atoms with Gasteiger partial charge in [-0.15, -0.1) is 0 Å². The van der Waals surface area contributed by atoms with Gasteiger partial charge in [-0.1, -0.05) is 32.0 Å². The zero-order chi connectivity index (χ0) is 14.7. The molecule has 0 bridgehead atoms. The third-order valence-electron chi connectivity index (χ3n) is 3.37. The molecule has 0 saturated carbocycles. The van der Waals surface area contributed by atoms with E-state index < -0.39 is 6.10 Å². The summed E-state index contributed by atoms with van der Waals surface area (Å²) >= 11 is 0. The number of amides is 1. The highest BCUT2D eigenvalue weighted by molar-refractivity contribution is 5.84. The Labute approximate surface area is 119 Å². The number of aliphatic hydroxyl groups is 1. The number of rotatable bonds is 5. The lowest BCUT2D eigenvalue weighted by Crippen LogP contribution is -2.29. The second-order valence-electron chi connectivity index (χ2n) is 5.63. The van der Waals surface area contributed by atoms with Gasteiger partial charge in [-0.05, 0) is 12.0 Å². The number of aromatic nitrogens is 1. The Morgan fingerprint density at radius 3 is 2.75 bits per heavy atom. The maximum atomic E-state index is 11.6. The van der Waals surface area contributed by atoms with Crippen LogP contribution in [0.3, 0.4) is 0 Å². The predicted molar refractivity (Wildman–Crippen MR) is 80.3 cm³/mol. The summed E-state index contributed by atoms with van der Waals surface area (Å²) in [6, 6.07) is 7.94. The number of carbonyl (C=O) groups excluding carboxylic acids is 1. The third kappa shape index (κ3) is 3.20. The van der Waals surface area contributed by atoms with Crippen molar-refractivity contribution < 1.29 is 9.90 Å². The van der Waals surface area contributed by atoms with E-state index in [1.807, 2.05) is 55.9 Å².